The molecule has 0 radical (unpaired) electrons. The minimum atomic E-state index is -0.701. The van der Waals surface area contributed by atoms with Crippen LogP contribution in [0.3, 0.4) is 0 Å². The van der Waals surface area contributed by atoms with E-state index in [1.54, 1.807) is 12.1 Å². The molecule has 0 saturated carbocycles. The number of carbonyl (C=O) groups is 3. The molecule has 3 rings (SSSR count). The van der Waals surface area contributed by atoms with Crippen molar-refractivity contribution < 1.29 is 14.4 Å². The van der Waals surface area contributed by atoms with Crippen LogP contribution >= 0.6 is 0 Å². The van der Waals surface area contributed by atoms with Gasteiger partial charge in [0.2, 0.25) is 11.8 Å². The summed E-state index contributed by atoms with van der Waals surface area (Å²) in [6.07, 6.45) is 1.44. The number of anilines is 2. The first kappa shape index (κ1) is 22.5. The molecular formula is C25H31N3O3. The summed E-state index contributed by atoms with van der Waals surface area (Å²) in [7, 11) is 0. The lowest BCUT2D eigenvalue weighted by Crippen LogP contribution is -2.51. The fourth-order valence-corrected chi connectivity index (χ4v) is 4.29. The van der Waals surface area contributed by atoms with Crippen LogP contribution in [0.25, 0.3) is 0 Å². The van der Waals surface area contributed by atoms with E-state index in [2.05, 4.69) is 36.3 Å². The van der Waals surface area contributed by atoms with Crippen molar-refractivity contribution in [1.29, 1.82) is 0 Å². The van der Waals surface area contributed by atoms with Gasteiger partial charge in [0.15, 0.2) is 0 Å². The molecule has 0 bridgehead atoms. The van der Waals surface area contributed by atoms with E-state index in [0.29, 0.717) is 36.6 Å². The first-order valence-electron chi connectivity index (χ1n) is 10.9. The third kappa shape index (κ3) is 4.63. The van der Waals surface area contributed by atoms with Crippen molar-refractivity contribution in [2.45, 2.75) is 58.4 Å². The molecule has 1 aliphatic heterocycles. The predicted molar refractivity (Wildman–Crippen MR) is 123 cm³/mol. The van der Waals surface area contributed by atoms with E-state index in [1.807, 2.05) is 43.3 Å². The van der Waals surface area contributed by atoms with Gasteiger partial charge in [-0.2, -0.15) is 0 Å². The molecule has 2 aromatic carbocycles. The lowest BCUT2D eigenvalue weighted by atomic mass is 9.72. The minimum absolute atomic E-state index is 0.182. The van der Waals surface area contributed by atoms with Crippen molar-refractivity contribution in [2.24, 2.45) is 0 Å². The van der Waals surface area contributed by atoms with E-state index < -0.39 is 5.41 Å². The Morgan fingerprint density at radius 1 is 1.06 bits per heavy atom. The van der Waals surface area contributed by atoms with Crippen LogP contribution in [0.2, 0.25) is 0 Å². The quantitative estimate of drug-likeness (QED) is 0.655. The fraction of sp³-hybridized carbons (Fsp3) is 0.400. The molecule has 1 aliphatic rings. The van der Waals surface area contributed by atoms with Gasteiger partial charge in [0.1, 0.15) is 0 Å². The zero-order valence-electron chi connectivity index (χ0n) is 18.7. The molecule has 1 atom stereocenters. The summed E-state index contributed by atoms with van der Waals surface area (Å²) in [4.78, 5) is 39.0. The molecule has 164 valence electrons. The van der Waals surface area contributed by atoms with E-state index in [9.17, 15) is 14.4 Å². The number of hydrogen-bond donors (Lipinski definition) is 2. The van der Waals surface area contributed by atoms with Crippen LogP contribution < -0.4 is 15.5 Å². The van der Waals surface area contributed by atoms with Crippen LogP contribution in [0.5, 0.6) is 0 Å². The standard InChI is InChI=1S/C25H31N3O3/c1-5-25(16-15-22(29)27-24(25)31)19-9-11-20(12-10-19)26-23(30)18-7-13-21(14-8-18)28(6-2)17(3)4/h7-14,17H,5-6,15-16H2,1-4H3,(H,26,30)(H,27,29,31). The highest BCUT2D eigenvalue weighted by atomic mass is 16.2. The smallest absolute Gasteiger partial charge is 0.255 e. The number of imide groups is 1. The number of carbonyl (C=O) groups excluding carboxylic acids is 3. The largest absolute Gasteiger partial charge is 0.369 e. The van der Waals surface area contributed by atoms with Crippen molar-refractivity contribution >= 4 is 29.1 Å². The van der Waals surface area contributed by atoms with E-state index in [1.165, 1.54) is 0 Å². The summed E-state index contributed by atoms with van der Waals surface area (Å²) < 4.78 is 0. The zero-order valence-corrected chi connectivity index (χ0v) is 18.7. The summed E-state index contributed by atoms with van der Waals surface area (Å²) >= 11 is 0. The molecule has 2 aromatic rings. The highest BCUT2D eigenvalue weighted by Crippen LogP contribution is 2.36. The molecule has 0 aromatic heterocycles. The number of piperidine rings is 1. The average Bonchev–Trinajstić information content (AvgIpc) is 2.76. The third-order valence-electron chi connectivity index (χ3n) is 6.19. The molecule has 0 spiro atoms. The molecular weight excluding hydrogens is 390 g/mol. The Balaban J connectivity index is 1.72. The number of hydrogen-bond acceptors (Lipinski definition) is 4. The van der Waals surface area contributed by atoms with Crippen molar-refractivity contribution in [3.05, 3.63) is 59.7 Å². The summed E-state index contributed by atoms with van der Waals surface area (Å²) in [5.74, 6) is -0.650. The van der Waals surface area contributed by atoms with Crippen LogP contribution in [0, 0.1) is 0 Å². The van der Waals surface area contributed by atoms with Crippen LogP contribution in [0.15, 0.2) is 48.5 Å². The van der Waals surface area contributed by atoms with Crippen molar-refractivity contribution in [2.75, 3.05) is 16.8 Å². The summed E-state index contributed by atoms with van der Waals surface area (Å²) in [5.41, 5.74) is 2.49. The van der Waals surface area contributed by atoms with Gasteiger partial charge in [-0.05, 0) is 75.6 Å². The SMILES string of the molecule is CCN(c1ccc(C(=O)Nc2ccc(C3(CC)CCC(=O)NC3=O)cc2)cc1)C(C)C. The zero-order chi connectivity index (χ0) is 22.6. The van der Waals surface area contributed by atoms with Crippen LogP contribution in [0.1, 0.15) is 62.9 Å². The maximum Gasteiger partial charge on any atom is 0.255 e. The third-order valence-corrected chi connectivity index (χ3v) is 6.19. The Morgan fingerprint density at radius 3 is 2.23 bits per heavy atom. The first-order valence-corrected chi connectivity index (χ1v) is 10.9. The van der Waals surface area contributed by atoms with Gasteiger partial charge in [-0.3, -0.25) is 19.7 Å². The molecule has 1 fully saturated rings. The van der Waals surface area contributed by atoms with Gasteiger partial charge in [-0.1, -0.05) is 19.1 Å². The topological polar surface area (TPSA) is 78.5 Å². The second-order valence-corrected chi connectivity index (χ2v) is 8.27. The Morgan fingerprint density at radius 2 is 1.71 bits per heavy atom. The van der Waals surface area contributed by atoms with Gasteiger partial charge in [-0.25, -0.2) is 0 Å². The summed E-state index contributed by atoms with van der Waals surface area (Å²) in [5, 5.41) is 5.38. The van der Waals surface area contributed by atoms with Gasteiger partial charge in [0.05, 0.1) is 5.41 Å². The minimum Gasteiger partial charge on any atom is -0.369 e. The maximum absolute atomic E-state index is 12.7. The van der Waals surface area contributed by atoms with Crippen LogP contribution in [-0.2, 0) is 15.0 Å². The van der Waals surface area contributed by atoms with E-state index in [0.717, 1.165) is 17.8 Å². The van der Waals surface area contributed by atoms with E-state index >= 15 is 0 Å². The normalized spacial score (nSPS) is 18.6. The van der Waals surface area contributed by atoms with Gasteiger partial charge in [-0.15, -0.1) is 0 Å². The van der Waals surface area contributed by atoms with Crippen LogP contribution in [0.4, 0.5) is 11.4 Å². The maximum atomic E-state index is 12.7. The molecule has 2 N–H and O–H groups in total. The molecule has 1 unspecified atom stereocenters. The summed E-state index contributed by atoms with van der Waals surface area (Å²) in [6.45, 7) is 9.26. The van der Waals surface area contributed by atoms with E-state index in [-0.39, 0.29) is 17.7 Å². The van der Waals surface area contributed by atoms with Crippen molar-refractivity contribution in [3.63, 3.8) is 0 Å². The second kappa shape index (κ2) is 9.33. The van der Waals surface area contributed by atoms with Crippen molar-refractivity contribution in [1.82, 2.24) is 5.32 Å². The molecule has 3 amide bonds. The molecule has 31 heavy (non-hydrogen) atoms. The fourth-order valence-electron chi connectivity index (χ4n) is 4.29. The molecule has 1 heterocycles. The lowest BCUT2D eigenvalue weighted by Gasteiger charge is -2.35. The number of benzene rings is 2. The predicted octanol–water partition coefficient (Wildman–Crippen LogP) is 4.26. The van der Waals surface area contributed by atoms with E-state index in [4.69, 9.17) is 0 Å². The Labute approximate surface area is 184 Å². The summed E-state index contributed by atoms with van der Waals surface area (Å²) in [6, 6.07) is 15.3. The van der Waals surface area contributed by atoms with Gasteiger partial charge in [0, 0.05) is 35.9 Å². The highest BCUT2D eigenvalue weighted by molar-refractivity contribution is 6.05. The Hall–Kier alpha value is -3.15. The molecule has 6 nitrogen and oxygen atoms in total. The van der Waals surface area contributed by atoms with Crippen LogP contribution in [-0.4, -0.2) is 30.3 Å². The number of rotatable bonds is 7. The number of amides is 3. The number of nitrogens with one attached hydrogen (secondary N) is 2. The van der Waals surface area contributed by atoms with Gasteiger partial charge in [0.25, 0.3) is 5.91 Å². The molecule has 1 saturated heterocycles. The first-order chi connectivity index (χ1) is 14.8. The molecule has 0 aliphatic carbocycles. The van der Waals surface area contributed by atoms with Gasteiger partial charge < -0.3 is 10.2 Å². The second-order valence-electron chi connectivity index (χ2n) is 8.27. The number of nitrogens with zero attached hydrogens (tertiary/aromatic N) is 1. The highest BCUT2D eigenvalue weighted by Gasteiger charge is 2.42. The lowest BCUT2D eigenvalue weighted by molar-refractivity contribution is -0.138. The Bertz CT molecular complexity index is 951. The monoisotopic (exact) mass is 421 g/mol. The average molecular weight is 422 g/mol. The Kier molecular flexibility index (Phi) is 6.78. The molecule has 6 heteroatoms. The van der Waals surface area contributed by atoms with Crippen molar-refractivity contribution in [3.8, 4) is 0 Å². The van der Waals surface area contributed by atoms with Gasteiger partial charge >= 0.3 is 0 Å².